The number of hydrogen-bond acceptors (Lipinski definition) is 5. The van der Waals surface area contributed by atoms with Gasteiger partial charge < -0.3 is 14.5 Å². The van der Waals surface area contributed by atoms with Crippen molar-refractivity contribution in [2.75, 3.05) is 0 Å². The normalized spacial score (nSPS) is 18.1. The average molecular weight is 431 g/mol. The summed E-state index contributed by atoms with van der Waals surface area (Å²) in [7, 11) is 0. The molecule has 1 saturated carbocycles. The van der Waals surface area contributed by atoms with Crippen LogP contribution in [-0.2, 0) is 16.0 Å². The van der Waals surface area contributed by atoms with Gasteiger partial charge >= 0.3 is 5.97 Å². The Labute approximate surface area is 186 Å². The number of nitrogens with zero attached hydrogens (tertiary/aromatic N) is 1. The molecule has 2 aliphatic rings. The molecule has 1 unspecified atom stereocenters. The Morgan fingerprint density at radius 1 is 1.16 bits per heavy atom. The van der Waals surface area contributed by atoms with Gasteiger partial charge in [0.1, 0.15) is 5.76 Å². The maximum atomic E-state index is 13.3. The van der Waals surface area contributed by atoms with E-state index in [2.05, 4.69) is 5.32 Å². The third-order valence-electron chi connectivity index (χ3n) is 6.36. The number of allylic oxidation sites excluding steroid dienone is 1. The standard InChI is InChI=1S/C26H26N2O4/c1-16(25(29)27-18-7-2-3-8-18)32-26(30)23-20-10-4-5-11-22(20)28-24-17(12-13-21(23)24)15-19-9-6-14-31-19/h4-6,9-11,14-16,18H,2-3,7-8,12-13H2,1H3,(H,27,29)/b17-15+. The molecule has 6 heteroatoms. The highest BCUT2D eigenvalue weighted by Gasteiger charge is 2.30. The zero-order valence-corrected chi connectivity index (χ0v) is 18.1. The molecule has 32 heavy (non-hydrogen) atoms. The molecule has 164 valence electrons. The smallest absolute Gasteiger partial charge is 0.339 e. The van der Waals surface area contributed by atoms with Crippen LogP contribution in [0.4, 0.5) is 0 Å². The van der Waals surface area contributed by atoms with E-state index in [-0.39, 0.29) is 11.9 Å². The fourth-order valence-corrected chi connectivity index (χ4v) is 4.72. The molecule has 0 radical (unpaired) electrons. The van der Waals surface area contributed by atoms with E-state index in [1.165, 1.54) is 0 Å². The van der Waals surface area contributed by atoms with Gasteiger partial charge in [0.2, 0.25) is 0 Å². The Kier molecular flexibility index (Phi) is 5.52. The number of amides is 1. The number of para-hydroxylation sites is 1. The van der Waals surface area contributed by atoms with Crippen molar-refractivity contribution in [3.05, 3.63) is 65.2 Å². The molecule has 0 aliphatic heterocycles. The van der Waals surface area contributed by atoms with Crippen LogP contribution in [0.25, 0.3) is 22.6 Å². The van der Waals surface area contributed by atoms with Crippen molar-refractivity contribution >= 4 is 34.4 Å². The summed E-state index contributed by atoms with van der Waals surface area (Å²) in [6.07, 6.45) is 8.43. The molecular weight excluding hydrogens is 404 g/mol. The number of carbonyl (C=O) groups excluding carboxylic acids is 2. The summed E-state index contributed by atoms with van der Waals surface area (Å²) in [6, 6.07) is 11.5. The first-order valence-electron chi connectivity index (χ1n) is 11.3. The monoisotopic (exact) mass is 430 g/mol. The van der Waals surface area contributed by atoms with Crippen LogP contribution in [0.5, 0.6) is 0 Å². The maximum Gasteiger partial charge on any atom is 0.339 e. The van der Waals surface area contributed by atoms with Crippen molar-refractivity contribution in [1.82, 2.24) is 10.3 Å². The van der Waals surface area contributed by atoms with Gasteiger partial charge in [-0.2, -0.15) is 0 Å². The molecule has 1 aromatic carbocycles. The van der Waals surface area contributed by atoms with Crippen molar-refractivity contribution in [1.29, 1.82) is 0 Å². The van der Waals surface area contributed by atoms with Crippen LogP contribution in [-0.4, -0.2) is 29.0 Å². The van der Waals surface area contributed by atoms with E-state index in [1.807, 2.05) is 42.5 Å². The van der Waals surface area contributed by atoms with Crippen molar-refractivity contribution in [2.24, 2.45) is 0 Å². The van der Waals surface area contributed by atoms with Crippen LogP contribution in [0.2, 0.25) is 0 Å². The van der Waals surface area contributed by atoms with Gasteiger partial charge in [-0.15, -0.1) is 0 Å². The Bertz CT molecular complexity index is 1190. The number of carbonyl (C=O) groups is 2. The average Bonchev–Trinajstić information content (AvgIpc) is 3.56. The summed E-state index contributed by atoms with van der Waals surface area (Å²) in [5, 5.41) is 3.76. The molecule has 2 aliphatic carbocycles. The summed E-state index contributed by atoms with van der Waals surface area (Å²) < 4.78 is 11.1. The van der Waals surface area contributed by atoms with Crippen molar-refractivity contribution in [3.8, 4) is 0 Å². The first-order valence-corrected chi connectivity index (χ1v) is 11.3. The molecule has 0 spiro atoms. The van der Waals surface area contributed by atoms with E-state index in [0.29, 0.717) is 12.0 Å². The van der Waals surface area contributed by atoms with Crippen molar-refractivity contribution < 1.29 is 18.7 Å². The lowest BCUT2D eigenvalue weighted by molar-refractivity contribution is -0.129. The largest absolute Gasteiger partial charge is 0.465 e. The molecular formula is C26H26N2O4. The zero-order chi connectivity index (χ0) is 22.1. The van der Waals surface area contributed by atoms with Gasteiger partial charge in [0.25, 0.3) is 5.91 Å². The quantitative estimate of drug-likeness (QED) is 0.581. The molecule has 1 fully saturated rings. The van der Waals surface area contributed by atoms with Crippen LogP contribution < -0.4 is 5.32 Å². The van der Waals surface area contributed by atoms with Gasteiger partial charge in [-0.3, -0.25) is 4.79 Å². The highest BCUT2D eigenvalue weighted by molar-refractivity contribution is 6.07. The predicted octanol–water partition coefficient (Wildman–Crippen LogP) is 4.92. The minimum atomic E-state index is -0.856. The van der Waals surface area contributed by atoms with Crippen molar-refractivity contribution in [3.63, 3.8) is 0 Å². The van der Waals surface area contributed by atoms with E-state index < -0.39 is 12.1 Å². The number of pyridine rings is 1. The zero-order valence-electron chi connectivity index (χ0n) is 18.1. The number of nitrogens with one attached hydrogen (secondary N) is 1. The predicted molar refractivity (Wildman–Crippen MR) is 122 cm³/mol. The lowest BCUT2D eigenvalue weighted by Gasteiger charge is -2.18. The molecule has 6 nitrogen and oxygen atoms in total. The molecule has 0 bridgehead atoms. The lowest BCUT2D eigenvalue weighted by atomic mass is 10.0. The van der Waals surface area contributed by atoms with E-state index in [9.17, 15) is 9.59 Å². The van der Waals surface area contributed by atoms with Gasteiger partial charge in [0.05, 0.1) is 23.0 Å². The lowest BCUT2D eigenvalue weighted by Crippen LogP contribution is -2.41. The number of fused-ring (bicyclic) bond motifs is 2. The van der Waals surface area contributed by atoms with Gasteiger partial charge in [0, 0.05) is 11.4 Å². The van der Waals surface area contributed by atoms with E-state index >= 15 is 0 Å². The molecule has 2 heterocycles. The van der Waals surface area contributed by atoms with Gasteiger partial charge in [-0.05, 0) is 68.0 Å². The Morgan fingerprint density at radius 3 is 2.75 bits per heavy atom. The highest BCUT2D eigenvalue weighted by Crippen LogP contribution is 2.38. The van der Waals surface area contributed by atoms with Gasteiger partial charge in [-0.25, -0.2) is 9.78 Å². The number of aromatic nitrogens is 1. The molecule has 1 N–H and O–H groups in total. The number of benzene rings is 1. The number of esters is 1. The van der Waals surface area contributed by atoms with Gasteiger partial charge in [0.15, 0.2) is 6.10 Å². The van der Waals surface area contributed by atoms with Crippen LogP contribution >= 0.6 is 0 Å². The summed E-state index contributed by atoms with van der Waals surface area (Å²) in [5.41, 5.74) is 3.94. The summed E-state index contributed by atoms with van der Waals surface area (Å²) in [6.45, 7) is 1.63. The molecule has 1 atom stereocenters. The maximum absolute atomic E-state index is 13.3. The minimum absolute atomic E-state index is 0.184. The van der Waals surface area contributed by atoms with E-state index in [4.69, 9.17) is 14.1 Å². The van der Waals surface area contributed by atoms with E-state index in [0.717, 1.165) is 65.6 Å². The molecule has 1 amide bonds. The summed E-state index contributed by atoms with van der Waals surface area (Å²) in [4.78, 5) is 30.7. The Morgan fingerprint density at radius 2 is 1.97 bits per heavy atom. The van der Waals surface area contributed by atoms with E-state index in [1.54, 1.807) is 13.2 Å². The summed E-state index contributed by atoms with van der Waals surface area (Å²) in [5.74, 6) is 0.0379. The molecule has 0 saturated heterocycles. The second-order valence-electron chi connectivity index (χ2n) is 8.55. The second-order valence-corrected chi connectivity index (χ2v) is 8.55. The third kappa shape index (κ3) is 3.93. The molecule has 2 aromatic heterocycles. The highest BCUT2D eigenvalue weighted by atomic mass is 16.5. The second kappa shape index (κ2) is 8.61. The Hall–Kier alpha value is -3.41. The van der Waals surface area contributed by atoms with Crippen molar-refractivity contribution in [2.45, 2.75) is 57.6 Å². The first-order chi connectivity index (χ1) is 15.6. The molecule has 3 aromatic rings. The fourth-order valence-electron chi connectivity index (χ4n) is 4.72. The SMILES string of the molecule is CC(OC(=O)c1c2c(nc3ccccc13)/C(=C/c1ccco1)CC2)C(=O)NC1CCCC1. The number of rotatable bonds is 5. The van der Waals surface area contributed by atoms with Crippen LogP contribution in [0.15, 0.2) is 47.1 Å². The van der Waals surface area contributed by atoms with Gasteiger partial charge in [-0.1, -0.05) is 31.0 Å². The Balaban J connectivity index is 1.47. The molecule has 5 rings (SSSR count). The van der Waals surface area contributed by atoms with Crippen LogP contribution in [0.1, 0.15) is 66.4 Å². The minimum Gasteiger partial charge on any atom is -0.465 e. The fraction of sp³-hybridized carbons (Fsp3) is 0.346. The third-order valence-corrected chi connectivity index (χ3v) is 6.36. The number of ether oxygens (including phenoxy) is 1. The number of hydrogen-bond donors (Lipinski definition) is 1. The van der Waals surface area contributed by atoms with Crippen LogP contribution in [0.3, 0.4) is 0 Å². The first kappa shape index (κ1) is 20.5. The topological polar surface area (TPSA) is 81.4 Å². The summed E-state index contributed by atoms with van der Waals surface area (Å²) >= 11 is 0. The number of furan rings is 1. The van der Waals surface area contributed by atoms with Crippen LogP contribution in [0, 0.1) is 0 Å².